The number of aryl methyl sites for hydroxylation is 1. The molecule has 1 atom stereocenters. The molecule has 6 nitrogen and oxygen atoms in total. The Morgan fingerprint density at radius 3 is 2.03 bits per heavy atom. The molecule has 0 saturated heterocycles. The average molecular weight is 508 g/mol. The maximum atomic E-state index is 13.9. The molecule has 0 spiro atoms. The number of anilines is 1. The van der Waals surface area contributed by atoms with Crippen molar-refractivity contribution >= 4 is 23.3 Å². The number of carbonyl (C=O) groups is 2. The van der Waals surface area contributed by atoms with E-state index in [4.69, 9.17) is 4.84 Å². The number of oxime groups is 1. The molecule has 0 heterocycles. The Morgan fingerprint density at radius 1 is 1.00 bits per heavy atom. The first-order valence-corrected chi connectivity index (χ1v) is 9.90. The maximum Gasteiger partial charge on any atom is 0.422 e. The van der Waals surface area contributed by atoms with Crippen LogP contribution < -0.4 is 5.32 Å². The number of benzene rings is 2. The SMILES string of the molecule is COC(=O)c1ccc(CCC(C)O/N=C(\C)C(=O)Nc2c(F)c(F)c(C(F)(F)F)c(F)c2F)cc1. The summed E-state index contributed by atoms with van der Waals surface area (Å²) in [7, 11) is 1.26. The standard InChI is InChI=1S/C22H19F7N2O4/c1-10(4-5-12-6-8-13(9-7-12)21(33)34-3)35-31-11(2)20(32)30-19-17(25)15(23)14(22(27,28)29)16(24)18(19)26/h6-10H,4-5H2,1-3H3,(H,30,32)/b31-11+. The van der Waals surface area contributed by atoms with Crippen LogP contribution in [-0.2, 0) is 27.0 Å². The first-order valence-electron chi connectivity index (χ1n) is 9.90. The molecule has 0 aliphatic rings. The molecule has 0 aromatic heterocycles. The number of nitrogens with one attached hydrogen (secondary N) is 1. The number of halogens is 7. The summed E-state index contributed by atoms with van der Waals surface area (Å²) in [6.07, 6.45) is -5.38. The van der Waals surface area contributed by atoms with Crippen molar-refractivity contribution in [3.05, 3.63) is 64.2 Å². The largest absolute Gasteiger partial charge is 0.465 e. The van der Waals surface area contributed by atoms with E-state index >= 15 is 0 Å². The van der Waals surface area contributed by atoms with Crippen LogP contribution in [0.25, 0.3) is 0 Å². The zero-order valence-electron chi connectivity index (χ0n) is 18.5. The second kappa shape index (κ2) is 11.2. The highest BCUT2D eigenvalue weighted by Crippen LogP contribution is 2.38. The molecule has 0 bridgehead atoms. The molecule has 2 aromatic carbocycles. The number of hydrogen-bond acceptors (Lipinski definition) is 5. The van der Waals surface area contributed by atoms with Gasteiger partial charge in [0.25, 0.3) is 5.91 Å². The van der Waals surface area contributed by atoms with Crippen molar-refractivity contribution in [2.45, 2.75) is 39.0 Å². The van der Waals surface area contributed by atoms with E-state index in [-0.39, 0.29) is 0 Å². The Bertz CT molecular complexity index is 1100. The van der Waals surface area contributed by atoms with Crippen molar-refractivity contribution < 1.29 is 49.9 Å². The molecular formula is C22H19F7N2O4. The highest BCUT2D eigenvalue weighted by atomic mass is 19.4. The zero-order chi connectivity index (χ0) is 26.5. The lowest BCUT2D eigenvalue weighted by Crippen LogP contribution is -2.25. The number of rotatable bonds is 8. The van der Waals surface area contributed by atoms with Crippen molar-refractivity contribution in [2.75, 3.05) is 12.4 Å². The van der Waals surface area contributed by atoms with E-state index < -0.39 is 64.4 Å². The fourth-order valence-corrected chi connectivity index (χ4v) is 2.75. The fourth-order valence-electron chi connectivity index (χ4n) is 2.75. The molecule has 2 aromatic rings. The monoisotopic (exact) mass is 508 g/mol. The van der Waals surface area contributed by atoms with E-state index in [1.807, 2.05) is 0 Å². The third kappa shape index (κ3) is 6.70. The number of ether oxygens (including phenoxy) is 1. The second-order valence-electron chi connectivity index (χ2n) is 7.28. The van der Waals surface area contributed by atoms with Crippen LogP contribution >= 0.6 is 0 Å². The van der Waals surface area contributed by atoms with Gasteiger partial charge in [-0.1, -0.05) is 17.3 Å². The van der Waals surface area contributed by atoms with E-state index in [0.717, 1.165) is 12.5 Å². The highest BCUT2D eigenvalue weighted by molar-refractivity contribution is 6.42. The normalized spacial score (nSPS) is 12.8. The van der Waals surface area contributed by atoms with Crippen LogP contribution in [0, 0.1) is 23.3 Å². The van der Waals surface area contributed by atoms with Gasteiger partial charge in [0.2, 0.25) is 0 Å². The van der Waals surface area contributed by atoms with Gasteiger partial charge in [0.15, 0.2) is 23.3 Å². The van der Waals surface area contributed by atoms with E-state index in [2.05, 4.69) is 9.89 Å². The van der Waals surface area contributed by atoms with Crippen LogP contribution in [-0.4, -0.2) is 30.8 Å². The Morgan fingerprint density at radius 2 is 1.54 bits per heavy atom. The summed E-state index contributed by atoms with van der Waals surface area (Å²) in [6.45, 7) is 2.64. The molecule has 1 unspecified atom stereocenters. The molecule has 0 aliphatic carbocycles. The molecule has 0 radical (unpaired) electrons. The lowest BCUT2D eigenvalue weighted by Gasteiger charge is -2.15. The van der Waals surface area contributed by atoms with Gasteiger partial charge < -0.3 is 14.9 Å². The summed E-state index contributed by atoms with van der Waals surface area (Å²) >= 11 is 0. The number of esters is 1. The molecule has 0 fully saturated rings. The van der Waals surface area contributed by atoms with Crippen LogP contribution in [0.1, 0.15) is 41.8 Å². The summed E-state index contributed by atoms with van der Waals surface area (Å²) in [4.78, 5) is 28.6. The van der Waals surface area contributed by atoms with Crippen molar-refractivity contribution in [1.82, 2.24) is 0 Å². The fraction of sp³-hybridized carbons (Fsp3) is 0.318. The van der Waals surface area contributed by atoms with E-state index in [1.165, 1.54) is 12.4 Å². The Balaban J connectivity index is 2.02. The average Bonchev–Trinajstić information content (AvgIpc) is 2.81. The van der Waals surface area contributed by atoms with Crippen LogP contribution in [0.5, 0.6) is 0 Å². The maximum absolute atomic E-state index is 13.9. The molecule has 0 aliphatic heterocycles. The second-order valence-corrected chi connectivity index (χ2v) is 7.28. The van der Waals surface area contributed by atoms with Gasteiger partial charge in [-0.3, -0.25) is 4.79 Å². The summed E-state index contributed by atoms with van der Waals surface area (Å²) in [5.74, 6) is -12.1. The Hall–Kier alpha value is -3.64. The van der Waals surface area contributed by atoms with Gasteiger partial charge in [-0.2, -0.15) is 13.2 Å². The topological polar surface area (TPSA) is 77.0 Å². The molecule has 2 rings (SSSR count). The predicted octanol–water partition coefficient (Wildman–Crippen LogP) is 5.40. The van der Waals surface area contributed by atoms with Crippen molar-refractivity contribution in [1.29, 1.82) is 0 Å². The highest BCUT2D eigenvalue weighted by Gasteiger charge is 2.42. The minimum absolute atomic E-state index is 0.368. The number of methoxy groups -OCH3 is 1. The molecule has 190 valence electrons. The minimum atomic E-state index is -5.71. The quantitative estimate of drug-likeness (QED) is 0.170. The van der Waals surface area contributed by atoms with Gasteiger partial charge in [-0.15, -0.1) is 0 Å². The van der Waals surface area contributed by atoms with E-state index in [9.17, 15) is 40.3 Å². The van der Waals surface area contributed by atoms with Gasteiger partial charge in [0.1, 0.15) is 23.1 Å². The third-order valence-electron chi connectivity index (χ3n) is 4.70. The molecule has 35 heavy (non-hydrogen) atoms. The number of nitrogens with zero attached hydrogens (tertiary/aromatic N) is 1. The first-order chi connectivity index (χ1) is 16.3. The predicted molar refractivity (Wildman–Crippen MR) is 110 cm³/mol. The number of amides is 1. The van der Waals surface area contributed by atoms with Crippen LogP contribution in [0.2, 0.25) is 0 Å². The smallest absolute Gasteiger partial charge is 0.422 e. The van der Waals surface area contributed by atoms with Crippen LogP contribution in [0.3, 0.4) is 0 Å². The van der Waals surface area contributed by atoms with Crippen molar-refractivity contribution in [3.63, 3.8) is 0 Å². The summed E-state index contributed by atoms with van der Waals surface area (Å²) in [5, 5.41) is 4.93. The van der Waals surface area contributed by atoms with Gasteiger partial charge in [0.05, 0.1) is 12.7 Å². The number of hydrogen-bond donors (Lipinski definition) is 1. The summed E-state index contributed by atoms with van der Waals surface area (Å²) in [6, 6.07) is 6.55. The van der Waals surface area contributed by atoms with Gasteiger partial charge in [-0.05, 0) is 44.4 Å². The zero-order valence-corrected chi connectivity index (χ0v) is 18.5. The van der Waals surface area contributed by atoms with Crippen molar-refractivity contribution in [3.8, 4) is 0 Å². The van der Waals surface area contributed by atoms with Crippen LogP contribution in [0.15, 0.2) is 29.4 Å². The molecule has 13 heteroatoms. The Kier molecular flexibility index (Phi) is 8.83. The Labute approximate surface area is 194 Å². The van der Waals surface area contributed by atoms with Crippen LogP contribution in [0.4, 0.5) is 36.4 Å². The van der Waals surface area contributed by atoms with E-state index in [1.54, 1.807) is 31.2 Å². The molecule has 1 N–H and O–H groups in total. The van der Waals surface area contributed by atoms with Crippen molar-refractivity contribution in [2.24, 2.45) is 5.16 Å². The van der Waals surface area contributed by atoms with E-state index in [0.29, 0.717) is 18.4 Å². The lowest BCUT2D eigenvalue weighted by atomic mass is 10.1. The van der Waals surface area contributed by atoms with Gasteiger partial charge >= 0.3 is 12.1 Å². The molecule has 0 saturated carbocycles. The lowest BCUT2D eigenvalue weighted by molar-refractivity contribution is -0.143. The summed E-state index contributed by atoms with van der Waals surface area (Å²) in [5.41, 5.74) is -3.81. The third-order valence-corrected chi connectivity index (χ3v) is 4.70. The van der Waals surface area contributed by atoms with Gasteiger partial charge in [0, 0.05) is 0 Å². The number of carbonyl (C=O) groups excluding carboxylic acids is 2. The summed E-state index contributed by atoms with van der Waals surface area (Å²) < 4.78 is 97.8. The number of alkyl halides is 3. The molecule has 1 amide bonds. The van der Waals surface area contributed by atoms with Gasteiger partial charge in [-0.25, -0.2) is 22.4 Å². The molecular weight excluding hydrogens is 489 g/mol. The minimum Gasteiger partial charge on any atom is -0.465 e. The first kappa shape index (κ1) is 27.6.